The Morgan fingerprint density at radius 2 is 1.50 bits per heavy atom. The summed E-state index contributed by atoms with van der Waals surface area (Å²) in [7, 11) is 0. The maximum absolute atomic E-state index is 14.0. The molecule has 0 aliphatic heterocycles. The number of halogens is 6. The van der Waals surface area contributed by atoms with Gasteiger partial charge in [0.1, 0.15) is 11.6 Å². The van der Waals surface area contributed by atoms with E-state index in [0.717, 1.165) is 12.1 Å². The number of hydrogen-bond donors (Lipinski definition) is 1. The Hall–Kier alpha value is -1.50. The second-order valence-electron chi connectivity index (χ2n) is 4.35. The van der Waals surface area contributed by atoms with Crippen LogP contribution >= 0.6 is 23.2 Å². The number of nitrogens with two attached hydrogens (primary N) is 1. The zero-order chi connectivity index (χ0) is 16.5. The summed E-state index contributed by atoms with van der Waals surface area (Å²) in [6.07, 6.45) is -4.79. The van der Waals surface area contributed by atoms with Gasteiger partial charge in [-0.3, -0.25) is 0 Å². The average Bonchev–Trinajstić information content (AvgIpc) is 2.42. The predicted octanol–water partition coefficient (Wildman–Crippen LogP) is 5.08. The molecule has 0 fully saturated rings. The molecule has 0 radical (unpaired) electrons. The number of hydrogen-bond acceptors (Lipinski definition) is 2. The summed E-state index contributed by atoms with van der Waals surface area (Å²) in [6.45, 7) is 0. The van der Waals surface area contributed by atoms with Crippen LogP contribution < -0.4 is 10.5 Å². The highest BCUT2D eigenvalue weighted by molar-refractivity contribution is 6.33. The molecule has 0 saturated carbocycles. The van der Waals surface area contributed by atoms with Crippen molar-refractivity contribution in [2.45, 2.75) is 12.4 Å². The molecule has 0 aromatic heterocycles. The fourth-order valence-electron chi connectivity index (χ4n) is 1.87. The lowest BCUT2D eigenvalue weighted by molar-refractivity contribution is -0.274. The molecule has 8 heteroatoms. The molecule has 0 amide bonds. The highest BCUT2D eigenvalue weighted by Crippen LogP contribution is 2.33. The van der Waals surface area contributed by atoms with E-state index in [9.17, 15) is 17.6 Å². The van der Waals surface area contributed by atoms with Crippen LogP contribution in [-0.4, -0.2) is 6.36 Å². The second kappa shape index (κ2) is 6.32. The summed E-state index contributed by atoms with van der Waals surface area (Å²) in [6, 6.07) is 6.45. The Morgan fingerprint density at radius 1 is 0.955 bits per heavy atom. The fourth-order valence-corrected chi connectivity index (χ4v) is 2.30. The van der Waals surface area contributed by atoms with Crippen molar-refractivity contribution in [3.05, 3.63) is 63.4 Å². The van der Waals surface area contributed by atoms with Crippen LogP contribution in [0.2, 0.25) is 10.0 Å². The third-order valence-corrected chi connectivity index (χ3v) is 3.48. The zero-order valence-corrected chi connectivity index (χ0v) is 12.3. The van der Waals surface area contributed by atoms with E-state index in [1.54, 1.807) is 0 Å². The molecule has 2 aromatic carbocycles. The second-order valence-corrected chi connectivity index (χ2v) is 5.17. The number of ether oxygens (including phenoxy) is 1. The van der Waals surface area contributed by atoms with Gasteiger partial charge in [-0.15, -0.1) is 13.2 Å². The summed E-state index contributed by atoms with van der Waals surface area (Å²) in [4.78, 5) is 0. The van der Waals surface area contributed by atoms with Gasteiger partial charge < -0.3 is 10.5 Å². The average molecular weight is 354 g/mol. The summed E-state index contributed by atoms with van der Waals surface area (Å²) in [5, 5.41) is -0.0723. The van der Waals surface area contributed by atoms with Crippen LogP contribution in [0.1, 0.15) is 17.2 Å². The lowest BCUT2D eigenvalue weighted by Crippen LogP contribution is -2.17. The molecule has 0 bridgehead atoms. The highest BCUT2D eigenvalue weighted by atomic mass is 35.5. The molecule has 0 aliphatic rings. The van der Waals surface area contributed by atoms with Crippen LogP contribution in [0, 0.1) is 5.82 Å². The molecule has 0 aliphatic carbocycles. The first-order valence-electron chi connectivity index (χ1n) is 5.93. The quantitative estimate of drug-likeness (QED) is 0.616. The minimum absolute atomic E-state index is 0.0290. The first kappa shape index (κ1) is 16.9. The van der Waals surface area contributed by atoms with E-state index in [2.05, 4.69) is 4.74 Å². The zero-order valence-electron chi connectivity index (χ0n) is 10.8. The number of rotatable bonds is 3. The summed E-state index contributed by atoms with van der Waals surface area (Å²) in [5.74, 6) is -1.17. The predicted molar refractivity (Wildman–Crippen MR) is 75.6 cm³/mol. The molecule has 2 aromatic rings. The lowest BCUT2D eigenvalue weighted by Gasteiger charge is -2.16. The van der Waals surface area contributed by atoms with E-state index >= 15 is 0 Å². The van der Waals surface area contributed by atoms with Crippen molar-refractivity contribution >= 4 is 23.2 Å². The third kappa shape index (κ3) is 3.82. The molecule has 2 N–H and O–H groups in total. The van der Waals surface area contributed by atoms with E-state index in [0.29, 0.717) is 5.56 Å². The SMILES string of the molecule is N[C@H](c1ccc(OC(F)(F)F)cc1)c1c(Cl)ccc(Cl)c1F. The maximum atomic E-state index is 14.0. The van der Waals surface area contributed by atoms with Gasteiger partial charge in [0.05, 0.1) is 11.1 Å². The van der Waals surface area contributed by atoms with Gasteiger partial charge >= 0.3 is 6.36 Å². The molecule has 0 unspecified atom stereocenters. The van der Waals surface area contributed by atoms with E-state index in [1.807, 2.05) is 0 Å². The molecule has 1 atom stereocenters. The molecule has 118 valence electrons. The van der Waals surface area contributed by atoms with Gasteiger partial charge in [0.2, 0.25) is 0 Å². The summed E-state index contributed by atoms with van der Waals surface area (Å²) >= 11 is 11.6. The minimum atomic E-state index is -4.79. The lowest BCUT2D eigenvalue weighted by atomic mass is 9.99. The fraction of sp³-hybridized carbons (Fsp3) is 0.143. The molecular weight excluding hydrogens is 345 g/mol. The van der Waals surface area contributed by atoms with Gasteiger partial charge in [-0.1, -0.05) is 35.3 Å². The Kier molecular flexibility index (Phi) is 4.84. The third-order valence-electron chi connectivity index (χ3n) is 2.86. The van der Waals surface area contributed by atoms with Crippen LogP contribution in [0.5, 0.6) is 5.75 Å². The smallest absolute Gasteiger partial charge is 0.406 e. The maximum Gasteiger partial charge on any atom is 0.573 e. The molecular formula is C14H9Cl2F4NO. The van der Waals surface area contributed by atoms with Crippen LogP contribution in [0.15, 0.2) is 36.4 Å². The number of benzene rings is 2. The van der Waals surface area contributed by atoms with Crippen LogP contribution in [-0.2, 0) is 0 Å². The molecule has 2 nitrogen and oxygen atoms in total. The van der Waals surface area contributed by atoms with Crippen molar-refractivity contribution in [1.29, 1.82) is 0 Å². The van der Waals surface area contributed by atoms with Crippen molar-refractivity contribution in [2.75, 3.05) is 0 Å². The largest absolute Gasteiger partial charge is 0.573 e. The van der Waals surface area contributed by atoms with Gasteiger partial charge in [-0.2, -0.15) is 0 Å². The normalized spacial score (nSPS) is 13.0. The molecule has 0 spiro atoms. The number of alkyl halides is 3. The Bertz CT molecular complexity index is 674. The van der Waals surface area contributed by atoms with Gasteiger partial charge in [-0.25, -0.2) is 4.39 Å². The topological polar surface area (TPSA) is 35.2 Å². The Balaban J connectivity index is 2.31. The van der Waals surface area contributed by atoms with Crippen molar-refractivity contribution < 1.29 is 22.3 Å². The van der Waals surface area contributed by atoms with Crippen LogP contribution in [0.3, 0.4) is 0 Å². The van der Waals surface area contributed by atoms with E-state index in [-0.39, 0.29) is 15.6 Å². The van der Waals surface area contributed by atoms with Gasteiger partial charge in [0.25, 0.3) is 0 Å². The van der Waals surface area contributed by atoms with E-state index in [4.69, 9.17) is 28.9 Å². The molecule has 22 heavy (non-hydrogen) atoms. The summed E-state index contributed by atoms with van der Waals surface area (Å²) < 4.78 is 54.0. The minimum Gasteiger partial charge on any atom is -0.406 e. The van der Waals surface area contributed by atoms with Gasteiger partial charge in [0, 0.05) is 10.6 Å². The van der Waals surface area contributed by atoms with Crippen molar-refractivity contribution in [2.24, 2.45) is 5.73 Å². The van der Waals surface area contributed by atoms with Crippen LogP contribution in [0.4, 0.5) is 17.6 Å². The first-order chi connectivity index (χ1) is 10.2. The van der Waals surface area contributed by atoms with Crippen molar-refractivity contribution in [3.8, 4) is 5.75 Å². The monoisotopic (exact) mass is 353 g/mol. The van der Waals surface area contributed by atoms with Gasteiger partial charge in [-0.05, 0) is 29.8 Å². The van der Waals surface area contributed by atoms with Crippen molar-refractivity contribution in [3.63, 3.8) is 0 Å². The Labute approximate surface area is 133 Å². The molecule has 0 heterocycles. The van der Waals surface area contributed by atoms with E-state index < -0.39 is 24.0 Å². The molecule has 2 rings (SSSR count). The first-order valence-corrected chi connectivity index (χ1v) is 6.69. The Morgan fingerprint density at radius 3 is 2.05 bits per heavy atom. The summed E-state index contributed by atoms with van der Waals surface area (Å²) in [5.41, 5.74) is 6.25. The van der Waals surface area contributed by atoms with Gasteiger partial charge in [0.15, 0.2) is 0 Å². The molecule has 0 saturated heterocycles. The van der Waals surface area contributed by atoms with Crippen molar-refractivity contribution in [1.82, 2.24) is 0 Å². The van der Waals surface area contributed by atoms with E-state index in [1.165, 1.54) is 24.3 Å². The standard InChI is InChI=1S/C14H9Cl2F4NO/c15-9-5-6-10(16)12(17)11(9)13(21)7-1-3-8(4-2-7)22-14(18,19)20/h1-6,13H,21H2/t13-/m1/s1. The highest BCUT2D eigenvalue weighted by Gasteiger charge is 2.31. The van der Waals surface area contributed by atoms with Crippen LogP contribution in [0.25, 0.3) is 0 Å².